The summed E-state index contributed by atoms with van der Waals surface area (Å²) >= 11 is 12.8. The van der Waals surface area contributed by atoms with E-state index >= 15 is 0 Å². The first-order valence-corrected chi connectivity index (χ1v) is 12.3. The maximum atomic E-state index is 13.4. The first-order valence-electron chi connectivity index (χ1n) is 10.7. The number of thioether (sulfide) groups is 1. The van der Waals surface area contributed by atoms with Gasteiger partial charge in [-0.1, -0.05) is 72.0 Å². The van der Waals surface area contributed by atoms with Crippen LogP contribution >= 0.6 is 35.6 Å². The fourth-order valence-electron chi connectivity index (χ4n) is 3.61. The van der Waals surface area contributed by atoms with Crippen LogP contribution in [0.4, 0.5) is 0 Å². The summed E-state index contributed by atoms with van der Waals surface area (Å²) in [4.78, 5) is 33.0. The SMILES string of the molecule is Cc1cc(Oc2nc3ccccn3c(=O)c2/C=C2/SC(=S)N(Cc3ccccc3)C2=O)ccc1Cl. The molecule has 174 valence electrons. The molecule has 0 spiro atoms. The number of rotatable bonds is 5. The smallest absolute Gasteiger partial charge is 0.269 e. The van der Waals surface area contributed by atoms with Gasteiger partial charge in [-0.15, -0.1) is 0 Å². The van der Waals surface area contributed by atoms with Crippen molar-refractivity contribution in [2.75, 3.05) is 0 Å². The van der Waals surface area contributed by atoms with Crippen molar-refractivity contribution in [2.24, 2.45) is 0 Å². The molecule has 9 heteroatoms. The average Bonchev–Trinajstić information content (AvgIpc) is 3.12. The van der Waals surface area contributed by atoms with Gasteiger partial charge in [0.25, 0.3) is 11.5 Å². The quantitative estimate of drug-likeness (QED) is 0.243. The zero-order valence-corrected chi connectivity index (χ0v) is 20.9. The lowest BCUT2D eigenvalue weighted by molar-refractivity contribution is -0.122. The Labute approximate surface area is 215 Å². The summed E-state index contributed by atoms with van der Waals surface area (Å²) in [6.45, 7) is 2.21. The number of hydrogen-bond donors (Lipinski definition) is 0. The second kappa shape index (κ2) is 9.65. The third kappa shape index (κ3) is 4.73. The standard InChI is InChI=1S/C26H18ClN3O3S2/c1-16-13-18(10-11-20(16)27)33-23-19(24(31)29-12-6-5-9-22(29)28-23)14-21-25(32)30(26(34)35-21)15-17-7-3-2-4-8-17/h2-14H,15H2,1H3/b21-14+. The summed E-state index contributed by atoms with van der Waals surface area (Å²) in [6, 6.07) is 20.0. The molecular weight excluding hydrogens is 502 g/mol. The minimum Gasteiger partial charge on any atom is -0.438 e. The van der Waals surface area contributed by atoms with E-state index in [1.165, 1.54) is 15.4 Å². The number of thiocarbonyl (C=S) groups is 1. The molecule has 2 aromatic carbocycles. The highest BCUT2D eigenvalue weighted by molar-refractivity contribution is 8.26. The highest BCUT2D eigenvalue weighted by Gasteiger charge is 2.33. The van der Waals surface area contributed by atoms with Crippen LogP contribution in [0.2, 0.25) is 5.02 Å². The maximum absolute atomic E-state index is 13.4. The normalized spacial score (nSPS) is 14.8. The Morgan fingerprint density at radius 3 is 2.63 bits per heavy atom. The van der Waals surface area contributed by atoms with Gasteiger partial charge in [-0.3, -0.25) is 18.9 Å². The number of halogens is 1. The van der Waals surface area contributed by atoms with E-state index in [0.717, 1.165) is 22.9 Å². The van der Waals surface area contributed by atoms with Crippen LogP contribution in [0.1, 0.15) is 16.7 Å². The molecule has 0 N–H and O–H groups in total. The van der Waals surface area contributed by atoms with E-state index in [9.17, 15) is 9.59 Å². The van der Waals surface area contributed by atoms with Gasteiger partial charge in [-0.2, -0.15) is 4.98 Å². The second-order valence-corrected chi connectivity index (χ2v) is 9.91. The Morgan fingerprint density at radius 2 is 1.86 bits per heavy atom. The molecular formula is C26H18ClN3O3S2. The Bertz CT molecular complexity index is 1570. The molecule has 6 nitrogen and oxygen atoms in total. The number of fused-ring (bicyclic) bond motifs is 1. The molecule has 1 fully saturated rings. The largest absolute Gasteiger partial charge is 0.438 e. The lowest BCUT2D eigenvalue weighted by Gasteiger charge is -2.14. The van der Waals surface area contributed by atoms with Crippen molar-refractivity contribution in [3.8, 4) is 11.6 Å². The van der Waals surface area contributed by atoms with Crippen molar-refractivity contribution in [1.29, 1.82) is 0 Å². The number of nitrogens with zero attached hydrogens (tertiary/aromatic N) is 3. The highest BCUT2D eigenvalue weighted by Crippen LogP contribution is 2.35. The summed E-state index contributed by atoms with van der Waals surface area (Å²) in [5.41, 5.74) is 2.00. The van der Waals surface area contributed by atoms with Crippen LogP contribution < -0.4 is 10.3 Å². The van der Waals surface area contributed by atoms with Gasteiger partial charge in [-0.25, -0.2) is 0 Å². The molecule has 1 saturated heterocycles. The molecule has 0 bridgehead atoms. The number of aromatic nitrogens is 2. The van der Waals surface area contributed by atoms with Gasteiger partial charge in [0, 0.05) is 11.2 Å². The monoisotopic (exact) mass is 519 g/mol. The fourth-order valence-corrected chi connectivity index (χ4v) is 4.96. The van der Waals surface area contributed by atoms with Crippen molar-refractivity contribution in [2.45, 2.75) is 13.5 Å². The van der Waals surface area contributed by atoms with E-state index in [4.69, 9.17) is 28.6 Å². The topological polar surface area (TPSA) is 63.9 Å². The Balaban J connectivity index is 1.57. The van der Waals surface area contributed by atoms with E-state index < -0.39 is 0 Å². The fraction of sp³-hybridized carbons (Fsp3) is 0.0769. The van der Waals surface area contributed by atoms with E-state index in [-0.39, 0.29) is 22.9 Å². The van der Waals surface area contributed by atoms with Crippen LogP contribution in [0.15, 0.2) is 82.6 Å². The molecule has 1 amide bonds. The van der Waals surface area contributed by atoms with E-state index in [1.807, 2.05) is 37.3 Å². The van der Waals surface area contributed by atoms with E-state index in [0.29, 0.717) is 32.2 Å². The predicted octanol–water partition coefficient (Wildman–Crippen LogP) is 5.85. The van der Waals surface area contributed by atoms with Crippen LogP contribution in [0.25, 0.3) is 11.7 Å². The van der Waals surface area contributed by atoms with Gasteiger partial charge < -0.3 is 4.74 Å². The van der Waals surface area contributed by atoms with Crippen molar-refractivity contribution < 1.29 is 9.53 Å². The molecule has 0 radical (unpaired) electrons. The average molecular weight is 520 g/mol. The molecule has 1 aliphatic rings. The summed E-state index contributed by atoms with van der Waals surface area (Å²) in [5.74, 6) is 0.302. The van der Waals surface area contributed by atoms with Gasteiger partial charge in [0.05, 0.1) is 11.4 Å². The minimum absolute atomic E-state index is 0.0938. The molecule has 2 aromatic heterocycles. The molecule has 3 heterocycles. The first kappa shape index (κ1) is 23.3. The number of hydrogen-bond acceptors (Lipinski definition) is 6. The third-order valence-electron chi connectivity index (χ3n) is 5.41. The molecule has 0 aliphatic carbocycles. The lowest BCUT2D eigenvalue weighted by Crippen LogP contribution is -2.27. The van der Waals surface area contributed by atoms with E-state index in [1.54, 1.807) is 42.6 Å². The molecule has 1 aliphatic heterocycles. The lowest BCUT2D eigenvalue weighted by atomic mass is 10.2. The van der Waals surface area contributed by atoms with Crippen molar-refractivity contribution in [1.82, 2.24) is 14.3 Å². The molecule has 0 unspecified atom stereocenters. The van der Waals surface area contributed by atoms with E-state index in [2.05, 4.69) is 4.98 Å². The third-order valence-corrected chi connectivity index (χ3v) is 7.21. The van der Waals surface area contributed by atoms with Gasteiger partial charge in [0.15, 0.2) is 0 Å². The molecule has 35 heavy (non-hydrogen) atoms. The van der Waals surface area contributed by atoms with Crippen LogP contribution in [0.5, 0.6) is 11.6 Å². The van der Waals surface area contributed by atoms with Gasteiger partial charge in [0.2, 0.25) is 5.88 Å². The molecule has 0 saturated carbocycles. The zero-order chi connectivity index (χ0) is 24.5. The number of amides is 1. The van der Waals surface area contributed by atoms with Gasteiger partial charge in [0.1, 0.15) is 21.3 Å². The maximum Gasteiger partial charge on any atom is 0.269 e. The van der Waals surface area contributed by atoms with Gasteiger partial charge in [-0.05, 0) is 54.5 Å². The summed E-state index contributed by atoms with van der Waals surface area (Å²) in [6.07, 6.45) is 3.13. The van der Waals surface area contributed by atoms with Crippen LogP contribution in [-0.4, -0.2) is 24.5 Å². The number of ether oxygens (including phenoxy) is 1. The number of benzene rings is 2. The van der Waals surface area contributed by atoms with Gasteiger partial charge >= 0.3 is 0 Å². The Kier molecular flexibility index (Phi) is 6.42. The van der Waals surface area contributed by atoms with Crippen LogP contribution in [0, 0.1) is 6.92 Å². The van der Waals surface area contributed by atoms with Crippen LogP contribution in [0.3, 0.4) is 0 Å². The summed E-state index contributed by atoms with van der Waals surface area (Å²) < 4.78 is 7.87. The Morgan fingerprint density at radius 1 is 1.09 bits per heavy atom. The zero-order valence-electron chi connectivity index (χ0n) is 18.5. The number of carbonyl (C=O) groups is 1. The van der Waals surface area contributed by atoms with Crippen molar-refractivity contribution in [3.63, 3.8) is 0 Å². The van der Waals surface area contributed by atoms with Crippen molar-refractivity contribution >= 4 is 57.5 Å². The predicted molar refractivity (Wildman–Crippen MR) is 143 cm³/mol. The highest BCUT2D eigenvalue weighted by atomic mass is 35.5. The minimum atomic E-state index is -0.357. The summed E-state index contributed by atoms with van der Waals surface area (Å²) in [7, 11) is 0. The molecule has 0 atom stereocenters. The Hall–Kier alpha value is -3.46. The molecule has 4 aromatic rings. The number of pyridine rings is 1. The summed E-state index contributed by atoms with van der Waals surface area (Å²) in [5, 5.41) is 0.603. The first-order chi connectivity index (χ1) is 16.9. The second-order valence-electron chi connectivity index (χ2n) is 7.83. The van der Waals surface area contributed by atoms with Crippen LogP contribution in [-0.2, 0) is 11.3 Å². The number of aryl methyl sites for hydroxylation is 1. The molecule has 5 rings (SSSR count). The number of carbonyl (C=O) groups excluding carboxylic acids is 1. The van der Waals surface area contributed by atoms with Crippen molar-refractivity contribution in [3.05, 3.63) is 110 Å².